The predicted molar refractivity (Wildman–Crippen MR) is 211 cm³/mol. The molecule has 0 unspecified atom stereocenters. The summed E-state index contributed by atoms with van der Waals surface area (Å²) in [5.41, 5.74) is 0. The number of carboxylic acid groups (broad SMARTS) is 2. The molecule has 0 bridgehead atoms. The molecule has 0 radical (unpaired) electrons. The van der Waals surface area contributed by atoms with E-state index in [2.05, 4.69) is 10.6 Å². The molecule has 3 amide bonds. The molecule has 18 N–H and O–H groups in total. The molecule has 4 aliphatic rings. The van der Waals surface area contributed by atoms with Gasteiger partial charge in [-0.1, -0.05) is 0 Å². The summed E-state index contributed by atoms with van der Waals surface area (Å²) in [5, 5.41) is 191. The second-order valence-electron chi connectivity index (χ2n) is 16.9. The molecule has 0 saturated carbocycles. The number of carboxylic acids is 2. The Bertz CT molecular complexity index is 1760. The smallest absolute Gasteiger partial charge is 0.246 e. The molecular formula is C38H61N3O30-2. The quantitative estimate of drug-likeness (QED) is 0.0378. The molecule has 0 aromatic heterocycles. The number of aliphatic hydroxyl groups is 15. The Morgan fingerprint density at radius 1 is 0.704 bits per heavy atom. The molecule has 33 nitrogen and oxygen atoms in total. The van der Waals surface area contributed by atoms with Gasteiger partial charge in [-0.3, -0.25) is 14.4 Å². The van der Waals surface area contributed by atoms with E-state index in [0.29, 0.717) is 0 Å². The van der Waals surface area contributed by atoms with E-state index in [-0.39, 0.29) is 6.41 Å². The highest BCUT2D eigenvalue weighted by atomic mass is 16.8. The molecule has 23 atom stereocenters. The maximum absolute atomic E-state index is 13.2. The monoisotopic (exact) mass is 1040 g/mol. The van der Waals surface area contributed by atoms with Crippen LogP contribution in [0.15, 0.2) is 0 Å². The number of carbonyl (C=O) groups excluding carboxylic acids is 5. The minimum absolute atomic E-state index is 0.237. The third kappa shape index (κ3) is 13.6. The highest BCUT2D eigenvalue weighted by molar-refractivity contribution is 5.78. The number of amides is 3. The van der Waals surface area contributed by atoms with Crippen LogP contribution >= 0.6 is 0 Å². The molecule has 4 fully saturated rings. The van der Waals surface area contributed by atoms with Gasteiger partial charge in [0.15, 0.2) is 12.6 Å². The average molecular weight is 1040 g/mol. The summed E-state index contributed by atoms with van der Waals surface area (Å²) in [6.45, 7) is -6.45. The molecule has 0 aromatic carbocycles. The van der Waals surface area contributed by atoms with Crippen LogP contribution in [0.5, 0.6) is 0 Å². The van der Waals surface area contributed by atoms with Gasteiger partial charge in [-0.05, 0) is 0 Å². The van der Waals surface area contributed by atoms with Crippen molar-refractivity contribution in [2.45, 2.75) is 160 Å². The fourth-order valence-electron chi connectivity index (χ4n) is 8.32. The predicted octanol–water partition coefficient (Wildman–Crippen LogP) is -15.6. The molecule has 0 aliphatic carbocycles. The van der Waals surface area contributed by atoms with Crippen LogP contribution in [0.4, 0.5) is 0 Å². The van der Waals surface area contributed by atoms with Crippen molar-refractivity contribution in [2.75, 3.05) is 46.2 Å². The highest BCUT2D eigenvalue weighted by Crippen LogP contribution is 2.40. The number of aliphatic hydroxyl groups excluding tert-OH is 15. The van der Waals surface area contributed by atoms with Crippen LogP contribution in [0.3, 0.4) is 0 Å². The summed E-state index contributed by atoms with van der Waals surface area (Å²) in [4.78, 5) is 61.3. The standard InChI is InChI=1S/C38H63N3O30/c1-12(49)40-21-14(50)2-37(35(60)61,69-30(21)23(54)16(52)5-43)68-18(7-45)25(56)31-22(41-20(53)9-47)15(51)3-38(70-31,36(62)63)71-32-24(55)17(6-44)65-34(28(32)59)67-29-19(8-46)66-33(27(58)26(29)57)64-10-13(4-42)39-11-48/h11,13-19,21-34,42-47,50-52,54-59H,2-10H2,1H3,(H,39,48)(H,40,49)(H,41,53)(H,60,61)(H,62,63)/p-2/t13-,14+,15+,16-,17-,18-,19-,21-,22-,23-,24+,25-,26-,27-,28-,29-,30-,31-,32+,33-,34+,37-,38+/m1/s1. The summed E-state index contributed by atoms with van der Waals surface area (Å²) in [6, 6.07) is -4.88. The van der Waals surface area contributed by atoms with Gasteiger partial charge in [0.1, 0.15) is 104 Å². The molecule has 33 heteroatoms. The van der Waals surface area contributed by atoms with Gasteiger partial charge in [0.25, 0.3) is 0 Å². The zero-order valence-corrected chi connectivity index (χ0v) is 37.4. The number of rotatable bonds is 25. The van der Waals surface area contributed by atoms with Crippen LogP contribution in [0.2, 0.25) is 0 Å². The third-order valence-electron chi connectivity index (χ3n) is 12.0. The Labute approximate surface area is 400 Å². The number of ether oxygens (including phenoxy) is 8. The van der Waals surface area contributed by atoms with Crippen LogP contribution in [0.25, 0.3) is 0 Å². The van der Waals surface area contributed by atoms with Crippen molar-refractivity contribution in [1.29, 1.82) is 0 Å². The zero-order chi connectivity index (χ0) is 53.3. The van der Waals surface area contributed by atoms with E-state index in [4.69, 9.17) is 37.9 Å². The first kappa shape index (κ1) is 60.0. The third-order valence-corrected chi connectivity index (χ3v) is 12.0. The van der Waals surface area contributed by atoms with E-state index >= 15 is 0 Å². The Hall–Kier alpha value is -3.57. The Kier molecular flexibility index (Phi) is 22.0. The second-order valence-corrected chi connectivity index (χ2v) is 16.9. The molecule has 4 aliphatic heterocycles. The van der Waals surface area contributed by atoms with Crippen molar-refractivity contribution in [3.63, 3.8) is 0 Å². The van der Waals surface area contributed by atoms with Crippen LogP contribution in [-0.4, -0.2) is 293 Å². The molecule has 0 spiro atoms. The summed E-state index contributed by atoms with van der Waals surface area (Å²) < 4.78 is 44.1. The number of carbonyl (C=O) groups is 5. The fourth-order valence-corrected chi connectivity index (χ4v) is 8.32. The lowest BCUT2D eigenvalue weighted by Gasteiger charge is -2.53. The van der Waals surface area contributed by atoms with Crippen molar-refractivity contribution in [2.24, 2.45) is 0 Å². The second kappa shape index (κ2) is 26.1. The minimum atomic E-state index is -3.56. The lowest BCUT2D eigenvalue weighted by molar-refractivity contribution is -0.415. The van der Waals surface area contributed by atoms with Gasteiger partial charge in [-0.2, -0.15) is 0 Å². The number of hydrogen-bond donors (Lipinski definition) is 18. The summed E-state index contributed by atoms with van der Waals surface area (Å²) in [6.07, 6.45) is -42.2. The minimum Gasteiger partial charge on any atom is -0.544 e. The Balaban J connectivity index is 1.69. The maximum atomic E-state index is 13.2. The van der Waals surface area contributed by atoms with E-state index in [1.165, 1.54) is 0 Å². The van der Waals surface area contributed by atoms with Gasteiger partial charge < -0.3 is 150 Å². The van der Waals surface area contributed by atoms with E-state index < -0.39 is 223 Å². The van der Waals surface area contributed by atoms with Crippen molar-refractivity contribution in [3.8, 4) is 0 Å². The first-order valence-corrected chi connectivity index (χ1v) is 21.7. The largest absolute Gasteiger partial charge is 0.544 e. The van der Waals surface area contributed by atoms with Crippen molar-refractivity contribution < 1.29 is 149 Å². The Morgan fingerprint density at radius 2 is 1.27 bits per heavy atom. The van der Waals surface area contributed by atoms with E-state index in [1.807, 2.05) is 5.32 Å². The normalized spacial score (nSPS) is 39.8. The van der Waals surface area contributed by atoms with Crippen molar-refractivity contribution in [3.05, 3.63) is 0 Å². The molecule has 4 heterocycles. The summed E-state index contributed by atoms with van der Waals surface area (Å²) in [7, 11) is 0. The molecule has 0 aromatic rings. The van der Waals surface area contributed by atoms with Gasteiger partial charge in [0, 0.05) is 19.8 Å². The SMILES string of the molecule is CC(=O)N[C@H]1[C@H]([C@H](O)[C@H](O)CO)O[C@@](O[C@H](CO)[C@@H](O)[C@@H]2O[C@@](O[C@H]3[C@@H](O)[C@@H](CO)O[C@@H](O[C@H]4[C@H](O)[C@@H](O)[C@H](OC[C@@H](CO)NC=O)O[C@@H]4CO)[C@@H]3O)(C(=O)[O-])C[C@H](O)[C@H]2NC(=O)CO)(C(=O)[O-])C[C@@H]1O. The maximum Gasteiger partial charge on any atom is 0.246 e. The van der Waals surface area contributed by atoms with Crippen LogP contribution in [0.1, 0.15) is 19.8 Å². The first-order chi connectivity index (χ1) is 33.4. The molecule has 71 heavy (non-hydrogen) atoms. The van der Waals surface area contributed by atoms with Gasteiger partial charge in [0.2, 0.25) is 29.8 Å². The van der Waals surface area contributed by atoms with Crippen LogP contribution in [0, 0.1) is 0 Å². The highest BCUT2D eigenvalue weighted by Gasteiger charge is 2.60. The lowest BCUT2D eigenvalue weighted by Crippen LogP contribution is -2.73. The number of nitrogens with one attached hydrogen (secondary N) is 3. The average Bonchev–Trinajstić information content (AvgIpc) is 3.33. The van der Waals surface area contributed by atoms with Crippen LogP contribution in [-0.2, 0) is 61.9 Å². The molecular weight excluding hydrogens is 978 g/mol. The van der Waals surface area contributed by atoms with Gasteiger partial charge >= 0.3 is 0 Å². The Morgan fingerprint density at radius 3 is 1.79 bits per heavy atom. The van der Waals surface area contributed by atoms with E-state index in [1.54, 1.807) is 0 Å². The summed E-state index contributed by atoms with van der Waals surface area (Å²) >= 11 is 0. The van der Waals surface area contributed by atoms with E-state index in [0.717, 1.165) is 6.92 Å². The zero-order valence-electron chi connectivity index (χ0n) is 37.4. The van der Waals surface area contributed by atoms with Gasteiger partial charge in [-0.25, -0.2) is 0 Å². The summed E-state index contributed by atoms with van der Waals surface area (Å²) in [5.74, 6) is -14.1. The number of hydrogen-bond acceptors (Lipinski definition) is 30. The molecule has 410 valence electrons. The first-order valence-electron chi connectivity index (χ1n) is 21.7. The topological polar surface area (TPSA) is 545 Å². The van der Waals surface area contributed by atoms with Crippen molar-refractivity contribution >= 4 is 30.2 Å². The van der Waals surface area contributed by atoms with Crippen LogP contribution < -0.4 is 26.2 Å². The molecule has 4 rings (SSSR count). The van der Waals surface area contributed by atoms with E-state index in [9.17, 15) is 111 Å². The lowest BCUT2D eigenvalue weighted by atomic mass is 9.87. The molecule has 4 saturated heterocycles. The van der Waals surface area contributed by atoms with Crippen molar-refractivity contribution in [1.82, 2.24) is 16.0 Å². The van der Waals surface area contributed by atoms with Gasteiger partial charge in [0.05, 0.1) is 70.0 Å². The van der Waals surface area contributed by atoms with Gasteiger partial charge in [-0.15, -0.1) is 0 Å². The fraction of sp³-hybridized carbons (Fsp3) is 0.868. The number of aliphatic carboxylic acids is 2.